The van der Waals surface area contributed by atoms with E-state index in [0.717, 1.165) is 12.2 Å². The zero-order valence-electron chi connectivity index (χ0n) is 14.4. The SMILES string of the molecule is C[C@H](Cc1cccc2ccccc12)C(=O)NCCOc1ccccc1. The fourth-order valence-corrected chi connectivity index (χ4v) is 2.93. The molecule has 128 valence electrons. The number of fused-ring (bicyclic) bond motifs is 1. The summed E-state index contributed by atoms with van der Waals surface area (Å²) in [7, 11) is 0. The summed E-state index contributed by atoms with van der Waals surface area (Å²) < 4.78 is 5.60. The Labute approximate surface area is 148 Å². The van der Waals surface area contributed by atoms with Crippen LogP contribution in [0.5, 0.6) is 5.75 Å². The highest BCUT2D eigenvalue weighted by molar-refractivity contribution is 5.86. The van der Waals surface area contributed by atoms with E-state index >= 15 is 0 Å². The highest BCUT2D eigenvalue weighted by atomic mass is 16.5. The van der Waals surface area contributed by atoms with Crippen LogP contribution in [-0.4, -0.2) is 19.1 Å². The maximum absolute atomic E-state index is 12.3. The normalized spacial score (nSPS) is 11.9. The van der Waals surface area contributed by atoms with E-state index in [4.69, 9.17) is 4.74 Å². The second-order valence-corrected chi connectivity index (χ2v) is 6.20. The summed E-state index contributed by atoms with van der Waals surface area (Å²) >= 11 is 0. The zero-order chi connectivity index (χ0) is 17.5. The predicted octanol–water partition coefficient (Wildman–Crippen LogP) is 4.21. The number of rotatable bonds is 7. The van der Waals surface area contributed by atoms with Crippen LogP contribution in [0.1, 0.15) is 12.5 Å². The Bertz CT molecular complexity index is 824. The van der Waals surface area contributed by atoms with Crippen molar-refractivity contribution in [3.05, 3.63) is 78.4 Å². The van der Waals surface area contributed by atoms with E-state index in [-0.39, 0.29) is 11.8 Å². The van der Waals surface area contributed by atoms with Crippen molar-refractivity contribution in [1.29, 1.82) is 0 Å². The van der Waals surface area contributed by atoms with Crippen molar-refractivity contribution in [2.75, 3.05) is 13.2 Å². The van der Waals surface area contributed by atoms with Gasteiger partial charge in [0, 0.05) is 5.92 Å². The van der Waals surface area contributed by atoms with Gasteiger partial charge in [0.1, 0.15) is 12.4 Å². The van der Waals surface area contributed by atoms with Gasteiger partial charge in [0.25, 0.3) is 0 Å². The van der Waals surface area contributed by atoms with Crippen LogP contribution >= 0.6 is 0 Å². The molecule has 3 aromatic rings. The molecule has 0 saturated heterocycles. The van der Waals surface area contributed by atoms with Crippen molar-refractivity contribution < 1.29 is 9.53 Å². The number of amides is 1. The molecule has 3 nitrogen and oxygen atoms in total. The summed E-state index contributed by atoms with van der Waals surface area (Å²) in [6.45, 7) is 2.94. The van der Waals surface area contributed by atoms with Crippen molar-refractivity contribution in [3.63, 3.8) is 0 Å². The Morgan fingerprint density at radius 3 is 2.52 bits per heavy atom. The molecule has 1 amide bonds. The minimum Gasteiger partial charge on any atom is -0.492 e. The Kier molecular flexibility index (Phi) is 5.68. The van der Waals surface area contributed by atoms with E-state index in [1.165, 1.54) is 16.3 Å². The fraction of sp³-hybridized carbons (Fsp3) is 0.227. The summed E-state index contributed by atoms with van der Waals surface area (Å²) in [5, 5.41) is 5.39. The van der Waals surface area contributed by atoms with E-state index < -0.39 is 0 Å². The second kappa shape index (κ2) is 8.34. The van der Waals surface area contributed by atoms with Gasteiger partial charge in [0.15, 0.2) is 0 Å². The number of carbonyl (C=O) groups excluding carboxylic acids is 1. The van der Waals surface area contributed by atoms with Crippen LogP contribution in [0.25, 0.3) is 10.8 Å². The Hall–Kier alpha value is -2.81. The summed E-state index contributed by atoms with van der Waals surface area (Å²) in [4.78, 5) is 12.3. The highest BCUT2D eigenvalue weighted by Gasteiger charge is 2.14. The molecule has 0 aliphatic rings. The first kappa shape index (κ1) is 17.0. The molecule has 0 radical (unpaired) electrons. The molecule has 0 aliphatic carbocycles. The van der Waals surface area contributed by atoms with Crippen molar-refractivity contribution in [2.24, 2.45) is 5.92 Å². The predicted molar refractivity (Wildman–Crippen MR) is 102 cm³/mol. The van der Waals surface area contributed by atoms with Gasteiger partial charge < -0.3 is 10.1 Å². The molecule has 1 atom stereocenters. The minimum absolute atomic E-state index is 0.0598. The molecular formula is C22H23NO2. The van der Waals surface area contributed by atoms with E-state index in [1.807, 2.05) is 49.4 Å². The molecule has 3 aromatic carbocycles. The topological polar surface area (TPSA) is 38.3 Å². The van der Waals surface area contributed by atoms with Gasteiger partial charge in [0.05, 0.1) is 6.54 Å². The number of hydrogen-bond donors (Lipinski definition) is 1. The summed E-state index contributed by atoms with van der Waals surface area (Å²) in [6.07, 6.45) is 0.729. The largest absolute Gasteiger partial charge is 0.492 e. The van der Waals surface area contributed by atoms with Gasteiger partial charge in [-0.15, -0.1) is 0 Å². The lowest BCUT2D eigenvalue weighted by Crippen LogP contribution is -2.33. The molecule has 3 rings (SSSR count). The molecular weight excluding hydrogens is 310 g/mol. The Balaban J connectivity index is 1.50. The van der Waals surface area contributed by atoms with Gasteiger partial charge >= 0.3 is 0 Å². The Morgan fingerprint density at radius 2 is 1.68 bits per heavy atom. The Morgan fingerprint density at radius 1 is 0.960 bits per heavy atom. The van der Waals surface area contributed by atoms with Crippen LogP contribution in [0.15, 0.2) is 72.8 Å². The van der Waals surface area contributed by atoms with Crippen molar-refractivity contribution in [1.82, 2.24) is 5.32 Å². The zero-order valence-corrected chi connectivity index (χ0v) is 14.4. The molecule has 0 aromatic heterocycles. The van der Waals surface area contributed by atoms with Gasteiger partial charge in [-0.05, 0) is 34.9 Å². The lowest BCUT2D eigenvalue weighted by Gasteiger charge is -2.14. The number of hydrogen-bond acceptors (Lipinski definition) is 2. The van der Waals surface area contributed by atoms with Crippen molar-refractivity contribution in [2.45, 2.75) is 13.3 Å². The van der Waals surface area contributed by atoms with Crippen LogP contribution in [0.2, 0.25) is 0 Å². The fourth-order valence-electron chi connectivity index (χ4n) is 2.93. The molecule has 1 N–H and O–H groups in total. The van der Waals surface area contributed by atoms with Gasteiger partial charge in [-0.2, -0.15) is 0 Å². The van der Waals surface area contributed by atoms with E-state index in [1.54, 1.807) is 0 Å². The maximum Gasteiger partial charge on any atom is 0.223 e. The van der Waals surface area contributed by atoms with Gasteiger partial charge in [-0.25, -0.2) is 0 Å². The number of nitrogens with one attached hydrogen (secondary N) is 1. The summed E-state index contributed by atoms with van der Waals surface area (Å²) in [6, 6.07) is 24.2. The number of para-hydroxylation sites is 1. The molecule has 3 heteroatoms. The second-order valence-electron chi connectivity index (χ2n) is 6.20. The summed E-state index contributed by atoms with van der Waals surface area (Å²) in [5.41, 5.74) is 1.21. The third-order valence-electron chi connectivity index (χ3n) is 4.27. The van der Waals surface area contributed by atoms with Crippen LogP contribution < -0.4 is 10.1 Å². The standard InChI is InChI=1S/C22H23NO2/c1-17(16-19-10-7-9-18-8-5-6-13-21(18)19)22(24)23-14-15-25-20-11-3-2-4-12-20/h2-13,17H,14-16H2,1H3,(H,23,24)/t17-/m1/s1. The smallest absolute Gasteiger partial charge is 0.223 e. The van der Waals surface area contributed by atoms with E-state index in [9.17, 15) is 4.79 Å². The minimum atomic E-state index is -0.0810. The first-order valence-electron chi connectivity index (χ1n) is 8.66. The number of ether oxygens (including phenoxy) is 1. The lowest BCUT2D eigenvalue weighted by molar-refractivity contribution is -0.124. The molecule has 0 aliphatic heterocycles. The number of carbonyl (C=O) groups is 1. The lowest BCUT2D eigenvalue weighted by atomic mass is 9.95. The first-order chi connectivity index (χ1) is 12.2. The van der Waals surface area contributed by atoms with Crippen molar-refractivity contribution >= 4 is 16.7 Å². The monoisotopic (exact) mass is 333 g/mol. The highest BCUT2D eigenvalue weighted by Crippen LogP contribution is 2.21. The average Bonchev–Trinajstić information content (AvgIpc) is 2.66. The number of benzene rings is 3. The van der Waals surface area contributed by atoms with Crippen LogP contribution in [-0.2, 0) is 11.2 Å². The molecule has 0 saturated carbocycles. The van der Waals surface area contributed by atoms with Crippen LogP contribution in [0, 0.1) is 5.92 Å². The van der Waals surface area contributed by atoms with Gasteiger partial charge in [-0.1, -0.05) is 67.6 Å². The summed E-state index contributed by atoms with van der Waals surface area (Å²) in [5.74, 6) is 0.799. The molecule has 0 unspecified atom stereocenters. The van der Waals surface area contributed by atoms with Crippen LogP contribution in [0.3, 0.4) is 0 Å². The third kappa shape index (κ3) is 4.60. The average molecular weight is 333 g/mol. The third-order valence-corrected chi connectivity index (χ3v) is 4.27. The molecule has 0 fully saturated rings. The van der Waals surface area contributed by atoms with Gasteiger partial charge in [-0.3, -0.25) is 4.79 Å². The molecule has 0 bridgehead atoms. The van der Waals surface area contributed by atoms with E-state index in [2.05, 4.69) is 35.6 Å². The molecule has 0 heterocycles. The maximum atomic E-state index is 12.3. The molecule has 25 heavy (non-hydrogen) atoms. The van der Waals surface area contributed by atoms with Gasteiger partial charge in [0.2, 0.25) is 5.91 Å². The van der Waals surface area contributed by atoms with Crippen molar-refractivity contribution in [3.8, 4) is 5.75 Å². The molecule has 0 spiro atoms. The quantitative estimate of drug-likeness (QED) is 0.658. The first-order valence-corrected chi connectivity index (χ1v) is 8.66. The van der Waals surface area contributed by atoms with Crippen LogP contribution in [0.4, 0.5) is 0 Å². The van der Waals surface area contributed by atoms with E-state index in [0.29, 0.717) is 13.2 Å².